The van der Waals surface area contributed by atoms with Gasteiger partial charge in [0.2, 0.25) is 0 Å². The van der Waals surface area contributed by atoms with Crippen LogP contribution < -0.4 is 0 Å². The summed E-state index contributed by atoms with van der Waals surface area (Å²) in [6, 6.07) is 28.0. The highest BCUT2D eigenvalue weighted by molar-refractivity contribution is 5.82. The predicted molar refractivity (Wildman–Crippen MR) is 135 cm³/mol. The van der Waals surface area contributed by atoms with E-state index >= 15 is 0 Å². The molecular formula is C30H35N. The summed E-state index contributed by atoms with van der Waals surface area (Å²) in [7, 11) is 0. The summed E-state index contributed by atoms with van der Waals surface area (Å²) in [6.45, 7) is 6.66. The molecule has 31 heavy (non-hydrogen) atoms. The summed E-state index contributed by atoms with van der Waals surface area (Å²) < 4.78 is 0. The summed E-state index contributed by atoms with van der Waals surface area (Å²) in [5.74, 6) is 0. The third-order valence-corrected chi connectivity index (χ3v) is 5.84. The SMILES string of the molecule is CCCc1c(CC)ccnc1CCc1ccccc1.CCc1ccc2ccccc2c1. The Kier molecular flexibility index (Phi) is 8.84. The normalized spacial score (nSPS) is 10.5. The second kappa shape index (κ2) is 12.1. The van der Waals surface area contributed by atoms with Crippen molar-refractivity contribution in [2.75, 3.05) is 0 Å². The molecule has 160 valence electrons. The van der Waals surface area contributed by atoms with Crippen molar-refractivity contribution in [2.24, 2.45) is 0 Å². The van der Waals surface area contributed by atoms with E-state index in [-0.39, 0.29) is 0 Å². The molecule has 0 fully saturated rings. The molecule has 1 nitrogen and oxygen atoms in total. The van der Waals surface area contributed by atoms with Crippen LogP contribution in [0.1, 0.15) is 55.1 Å². The maximum Gasteiger partial charge on any atom is 0.0441 e. The van der Waals surface area contributed by atoms with Crippen molar-refractivity contribution in [2.45, 2.75) is 59.3 Å². The largest absolute Gasteiger partial charge is 0.261 e. The Bertz CT molecular complexity index is 1070. The van der Waals surface area contributed by atoms with Gasteiger partial charge in [-0.05, 0) is 71.2 Å². The summed E-state index contributed by atoms with van der Waals surface area (Å²) >= 11 is 0. The average molecular weight is 410 g/mol. The van der Waals surface area contributed by atoms with Crippen LogP contribution in [0.25, 0.3) is 10.8 Å². The van der Waals surface area contributed by atoms with Gasteiger partial charge in [0.15, 0.2) is 0 Å². The van der Waals surface area contributed by atoms with E-state index in [4.69, 9.17) is 0 Å². The van der Waals surface area contributed by atoms with Crippen LogP contribution in [0.5, 0.6) is 0 Å². The first kappa shape index (κ1) is 22.7. The Morgan fingerprint density at radius 3 is 2.06 bits per heavy atom. The van der Waals surface area contributed by atoms with Gasteiger partial charge in [-0.3, -0.25) is 4.98 Å². The maximum absolute atomic E-state index is 4.62. The van der Waals surface area contributed by atoms with Crippen LogP contribution in [-0.4, -0.2) is 4.98 Å². The Morgan fingerprint density at radius 1 is 0.613 bits per heavy atom. The lowest BCUT2D eigenvalue weighted by Gasteiger charge is -2.12. The van der Waals surface area contributed by atoms with Gasteiger partial charge in [0.05, 0.1) is 0 Å². The van der Waals surface area contributed by atoms with E-state index < -0.39 is 0 Å². The second-order valence-electron chi connectivity index (χ2n) is 8.02. The Hall–Kier alpha value is -2.93. The minimum atomic E-state index is 1.05. The number of benzene rings is 3. The molecule has 1 heterocycles. The Morgan fingerprint density at radius 2 is 1.35 bits per heavy atom. The molecule has 0 unspecified atom stereocenters. The molecule has 0 bridgehead atoms. The molecule has 4 aromatic rings. The monoisotopic (exact) mass is 409 g/mol. The van der Waals surface area contributed by atoms with Crippen molar-refractivity contribution in [3.05, 3.63) is 113 Å². The van der Waals surface area contributed by atoms with Gasteiger partial charge >= 0.3 is 0 Å². The number of nitrogens with zero attached hydrogens (tertiary/aromatic N) is 1. The summed E-state index contributed by atoms with van der Waals surface area (Å²) in [5.41, 5.74) is 7.07. The molecule has 0 saturated carbocycles. The van der Waals surface area contributed by atoms with Crippen LogP contribution in [0.2, 0.25) is 0 Å². The van der Waals surface area contributed by atoms with Gasteiger partial charge in [-0.15, -0.1) is 0 Å². The molecule has 3 aromatic carbocycles. The van der Waals surface area contributed by atoms with Gasteiger partial charge in [0, 0.05) is 11.9 Å². The lowest BCUT2D eigenvalue weighted by molar-refractivity contribution is 0.825. The number of pyridine rings is 1. The van der Waals surface area contributed by atoms with Crippen LogP contribution in [0.15, 0.2) is 85.1 Å². The third kappa shape index (κ3) is 6.52. The van der Waals surface area contributed by atoms with E-state index in [1.165, 1.54) is 45.1 Å². The Balaban J connectivity index is 0.000000194. The predicted octanol–water partition coefficient (Wildman–Crippen LogP) is 7.78. The standard InChI is InChI=1S/C18H23N.C12H12/c1-3-8-17-16(4-2)13-14-19-18(17)12-11-15-9-6-5-7-10-15;1-2-10-7-8-11-5-3-4-6-12(11)9-10/h5-7,9-10,13-14H,3-4,8,11-12H2,1-2H3;3-9H,2H2,1H3. The smallest absolute Gasteiger partial charge is 0.0441 e. The van der Waals surface area contributed by atoms with Crippen molar-refractivity contribution >= 4 is 10.8 Å². The number of hydrogen-bond acceptors (Lipinski definition) is 1. The van der Waals surface area contributed by atoms with Crippen LogP contribution in [-0.2, 0) is 32.1 Å². The van der Waals surface area contributed by atoms with Crippen LogP contribution in [0.3, 0.4) is 0 Å². The number of fused-ring (bicyclic) bond motifs is 1. The minimum absolute atomic E-state index is 1.05. The number of aromatic nitrogens is 1. The van der Waals surface area contributed by atoms with Crippen LogP contribution >= 0.6 is 0 Å². The first-order chi connectivity index (χ1) is 15.2. The molecule has 4 rings (SSSR count). The molecule has 0 atom stereocenters. The van der Waals surface area contributed by atoms with Crippen molar-refractivity contribution in [1.82, 2.24) is 4.98 Å². The van der Waals surface area contributed by atoms with Gasteiger partial charge in [0.1, 0.15) is 0 Å². The van der Waals surface area contributed by atoms with E-state index in [0.717, 1.165) is 32.1 Å². The number of aryl methyl sites for hydroxylation is 4. The number of rotatable bonds is 7. The van der Waals surface area contributed by atoms with Gasteiger partial charge in [-0.2, -0.15) is 0 Å². The molecule has 0 saturated heterocycles. The van der Waals surface area contributed by atoms with E-state index in [0.29, 0.717) is 0 Å². The lowest BCUT2D eigenvalue weighted by atomic mass is 9.96. The zero-order chi connectivity index (χ0) is 21.9. The van der Waals surface area contributed by atoms with Crippen LogP contribution in [0.4, 0.5) is 0 Å². The molecule has 0 aliphatic rings. The maximum atomic E-state index is 4.62. The number of hydrogen-bond donors (Lipinski definition) is 0. The fourth-order valence-electron chi connectivity index (χ4n) is 4.05. The highest BCUT2D eigenvalue weighted by atomic mass is 14.7. The van der Waals surface area contributed by atoms with Gasteiger partial charge in [-0.1, -0.05) is 100.0 Å². The molecule has 0 aliphatic heterocycles. The summed E-state index contributed by atoms with van der Waals surface area (Å²) in [4.78, 5) is 4.62. The zero-order valence-corrected chi connectivity index (χ0v) is 19.3. The van der Waals surface area contributed by atoms with E-state index in [2.05, 4.69) is 105 Å². The highest BCUT2D eigenvalue weighted by Crippen LogP contribution is 2.18. The molecule has 0 amide bonds. The van der Waals surface area contributed by atoms with E-state index in [1.807, 2.05) is 6.20 Å². The molecule has 1 aromatic heterocycles. The average Bonchev–Trinajstić information content (AvgIpc) is 2.84. The second-order valence-corrected chi connectivity index (χ2v) is 8.02. The zero-order valence-electron chi connectivity index (χ0n) is 19.3. The van der Waals surface area contributed by atoms with E-state index in [9.17, 15) is 0 Å². The van der Waals surface area contributed by atoms with E-state index in [1.54, 1.807) is 0 Å². The molecule has 1 heteroatoms. The van der Waals surface area contributed by atoms with Crippen molar-refractivity contribution < 1.29 is 0 Å². The van der Waals surface area contributed by atoms with Crippen LogP contribution in [0, 0.1) is 0 Å². The van der Waals surface area contributed by atoms with Gasteiger partial charge in [-0.25, -0.2) is 0 Å². The molecule has 0 N–H and O–H groups in total. The van der Waals surface area contributed by atoms with Gasteiger partial charge in [0.25, 0.3) is 0 Å². The summed E-state index contributed by atoms with van der Waals surface area (Å²) in [6.07, 6.45) is 8.67. The quantitative estimate of drug-likeness (QED) is 0.303. The first-order valence-corrected chi connectivity index (χ1v) is 11.7. The third-order valence-electron chi connectivity index (χ3n) is 5.84. The molecule has 0 radical (unpaired) electrons. The fourth-order valence-corrected chi connectivity index (χ4v) is 4.05. The first-order valence-electron chi connectivity index (χ1n) is 11.7. The molecule has 0 spiro atoms. The van der Waals surface area contributed by atoms with Crippen molar-refractivity contribution in [3.8, 4) is 0 Å². The topological polar surface area (TPSA) is 12.9 Å². The molecular weight excluding hydrogens is 374 g/mol. The summed E-state index contributed by atoms with van der Waals surface area (Å²) in [5, 5.41) is 2.67. The lowest BCUT2D eigenvalue weighted by Crippen LogP contribution is -2.04. The van der Waals surface area contributed by atoms with Gasteiger partial charge < -0.3 is 0 Å². The highest BCUT2D eigenvalue weighted by Gasteiger charge is 2.08. The van der Waals surface area contributed by atoms with Crippen molar-refractivity contribution in [3.63, 3.8) is 0 Å². The molecule has 0 aliphatic carbocycles. The Labute approximate surface area is 188 Å². The fraction of sp³-hybridized carbons (Fsp3) is 0.300. The minimum Gasteiger partial charge on any atom is -0.261 e. The van der Waals surface area contributed by atoms with Crippen molar-refractivity contribution in [1.29, 1.82) is 0 Å².